The molecular formula is C14H13F3N2O3. The van der Waals surface area contributed by atoms with E-state index in [-0.39, 0.29) is 19.3 Å². The number of nitriles is 1. The van der Waals surface area contributed by atoms with E-state index in [9.17, 15) is 22.8 Å². The highest BCUT2D eigenvalue weighted by Gasteiger charge is 2.25. The lowest BCUT2D eigenvalue weighted by Crippen LogP contribution is -2.42. The Morgan fingerprint density at radius 2 is 1.91 bits per heavy atom. The standard InChI is InChI=1S/C14H13F3N2O3/c1-22-14(21)11(4-2-3-5-18)19-13(20)12-9(16)6-8(15)7-10(12)17/h6-7,11H,2-4H2,1H3,(H,19,20)/t11-/m0/s1. The maximum Gasteiger partial charge on any atom is 0.328 e. The lowest BCUT2D eigenvalue weighted by atomic mass is 10.1. The molecule has 118 valence electrons. The normalized spacial score (nSPS) is 11.4. The molecule has 1 N–H and O–H groups in total. The summed E-state index contributed by atoms with van der Waals surface area (Å²) < 4.78 is 44.3. The van der Waals surface area contributed by atoms with E-state index < -0.39 is 40.9 Å². The van der Waals surface area contributed by atoms with Gasteiger partial charge in [0.15, 0.2) is 0 Å². The average molecular weight is 314 g/mol. The summed E-state index contributed by atoms with van der Waals surface area (Å²) in [6.45, 7) is 0. The highest BCUT2D eigenvalue weighted by molar-refractivity contribution is 5.97. The van der Waals surface area contributed by atoms with E-state index in [0.717, 1.165) is 7.11 Å². The number of rotatable bonds is 6. The lowest BCUT2D eigenvalue weighted by molar-refractivity contribution is -0.143. The number of hydrogen-bond acceptors (Lipinski definition) is 4. The second-order valence-corrected chi connectivity index (χ2v) is 4.34. The van der Waals surface area contributed by atoms with Gasteiger partial charge < -0.3 is 10.1 Å². The van der Waals surface area contributed by atoms with Crippen LogP contribution in [0.3, 0.4) is 0 Å². The Hall–Kier alpha value is -2.56. The van der Waals surface area contributed by atoms with Crippen LogP contribution in [0.5, 0.6) is 0 Å². The lowest BCUT2D eigenvalue weighted by Gasteiger charge is -2.16. The Kier molecular flexibility index (Phi) is 6.38. The zero-order valence-electron chi connectivity index (χ0n) is 11.7. The van der Waals surface area contributed by atoms with Crippen LogP contribution >= 0.6 is 0 Å². The van der Waals surface area contributed by atoms with Gasteiger partial charge in [0.2, 0.25) is 0 Å². The Morgan fingerprint density at radius 1 is 1.32 bits per heavy atom. The first-order valence-electron chi connectivity index (χ1n) is 6.31. The molecule has 0 saturated carbocycles. The van der Waals surface area contributed by atoms with Crippen molar-refractivity contribution in [2.24, 2.45) is 0 Å². The van der Waals surface area contributed by atoms with Crippen LogP contribution in [0.2, 0.25) is 0 Å². The van der Waals surface area contributed by atoms with Gasteiger partial charge in [-0.1, -0.05) is 0 Å². The van der Waals surface area contributed by atoms with E-state index in [2.05, 4.69) is 10.1 Å². The molecule has 0 aliphatic heterocycles. The zero-order valence-corrected chi connectivity index (χ0v) is 11.7. The number of unbranched alkanes of at least 4 members (excludes halogenated alkanes) is 1. The van der Waals surface area contributed by atoms with Crippen LogP contribution in [0.4, 0.5) is 13.2 Å². The summed E-state index contributed by atoms with van der Waals surface area (Å²) in [5, 5.41) is 10.6. The van der Waals surface area contributed by atoms with Crippen LogP contribution in [-0.4, -0.2) is 25.0 Å². The first-order valence-corrected chi connectivity index (χ1v) is 6.31. The summed E-state index contributed by atoms with van der Waals surface area (Å²) in [5.41, 5.74) is -0.990. The average Bonchev–Trinajstić information content (AvgIpc) is 2.44. The number of methoxy groups -OCH3 is 1. The molecule has 0 radical (unpaired) electrons. The van der Waals surface area contributed by atoms with Crippen molar-refractivity contribution in [3.05, 3.63) is 35.1 Å². The quantitative estimate of drug-likeness (QED) is 0.644. The molecule has 0 fully saturated rings. The number of nitrogens with zero attached hydrogens (tertiary/aromatic N) is 1. The van der Waals surface area contributed by atoms with Gasteiger partial charge in [0.05, 0.1) is 13.2 Å². The van der Waals surface area contributed by atoms with Crippen molar-refractivity contribution in [2.45, 2.75) is 25.3 Å². The highest BCUT2D eigenvalue weighted by atomic mass is 19.1. The van der Waals surface area contributed by atoms with E-state index in [1.165, 1.54) is 0 Å². The van der Waals surface area contributed by atoms with Gasteiger partial charge in [-0.15, -0.1) is 0 Å². The monoisotopic (exact) mass is 314 g/mol. The molecule has 0 aliphatic rings. The van der Waals surface area contributed by atoms with Gasteiger partial charge in [-0.3, -0.25) is 4.79 Å². The Labute approximate surface area is 124 Å². The first-order chi connectivity index (χ1) is 10.4. The van der Waals surface area contributed by atoms with E-state index in [1.54, 1.807) is 0 Å². The summed E-state index contributed by atoms with van der Waals surface area (Å²) in [6, 6.07) is 1.43. The SMILES string of the molecule is COC(=O)[C@H](CCCC#N)NC(=O)c1c(F)cc(F)cc1F. The van der Waals surface area contributed by atoms with Gasteiger partial charge in [-0.2, -0.15) is 5.26 Å². The number of hydrogen-bond donors (Lipinski definition) is 1. The number of ether oxygens (including phenoxy) is 1. The highest BCUT2D eigenvalue weighted by Crippen LogP contribution is 2.15. The van der Waals surface area contributed by atoms with E-state index in [4.69, 9.17) is 5.26 Å². The van der Waals surface area contributed by atoms with Crippen molar-refractivity contribution < 1.29 is 27.5 Å². The summed E-state index contributed by atoms with van der Waals surface area (Å²) in [6.07, 6.45) is 0.490. The number of halogens is 3. The van der Waals surface area contributed by atoms with Gasteiger partial charge >= 0.3 is 5.97 Å². The van der Waals surface area contributed by atoms with Gasteiger partial charge in [0, 0.05) is 18.6 Å². The predicted octanol–water partition coefficient (Wildman–Crippen LogP) is 2.07. The van der Waals surface area contributed by atoms with Crippen LogP contribution in [0, 0.1) is 28.8 Å². The van der Waals surface area contributed by atoms with Crippen molar-refractivity contribution in [1.29, 1.82) is 5.26 Å². The van der Waals surface area contributed by atoms with Gasteiger partial charge in [0.25, 0.3) is 5.91 Å². The van der Waals surface area contributed by atoms with E-state index in [0.29, 0.717) is 12.1 Å². The predicted molar refractivity (Wildman–Crippen MR) is 69.1 cm³/mol. The number of benzene rings is 1. The van der Waals surface area contributed by atoms with Gasteiger partial charge in [-0.25, -0.2) is 18.0 Å². The Morgan fingerprint density at radius 3 is 2.41 bits per heavy atom. The Bertz CT molecular complexity index is 591. The van der Waals surface area contributed by atoms with Gasteiger partial charge in [-0.05, 0) is 12.8 Å². The second kappa shape index (κ2) is 8.02. The summed E-state index contributed by atoms with van der Waals surface area (Å²) in [5.74, 6) is -5.94. The minimum atomic E-state index is -1.38. The molecule has 0 aromatic heterocycles. The fourth-order valence-corrected chi connectivity index (χ4v) is 1.77. The number of carbonyl (C=O) groups is 2. The smallest absolute Gasteiger partial charge is 0.328 e. The first kappa shape index (κ1) is 17.5. The minimum Gasteiger partial charge on any atom is -0.467 e. The molecule has 0 heterocycles. The van der Waals surface area contributed by atoms with Crippen molar-refractivity contribution >= 4 is 11.9 Å². The molecule has 0 spiro atoms. The molecule has 8 heteroatoms. The zero-order chi connectivity index (χ0) is 16.7. The number of nitrogens with one attached hydrogen (secondary N) is 1. The van der Waals surface area contributed by atoms with Crippen LogP contribution in [0.25, 0.3) is 0 Å². The van der Waals surface area contributed by atoms with Crippen molar-refractivity contribution in [3.8, 4) is 6.07 Å². The van der Waals surface area contributed by atoms with Gasteiger partial charge in [0.1, 0.15) is 29.1 Å². The topological polar surface area (TPSA) is 79.2 Å². The molecule has 1 amide bonds. The fourth-order valence-electron chi connectivity index (χ4n) is 1.77. The maximum atomic E-state index is 13.5. The van der Waals surface area contributed by atoms with Crippen LogP contribution in [0.15, 0.2) is 12.1 Å². The molecule has 1 rings (SSSR count). The van der Waals surface area contributed by atoms with Crippen molar-refractivity contribution in [2.75, 3.05) is 7.11 Å². The number of amides is 1. The molecular weight excluding hydrogens is 301 g/mol. The van der Waals surface area contributed by atoms with Crippen molar-refractivity contribution in [3.63, 3.8) is 0 Å². The second-order valence-electron chi connectivity index (χ2n) is 4.34. The number of carbonyl (C=O) groups excluding carboxylic acids is 2. The molecule has 1 aromatic carbocycles. The summed E-state index contributed by atoms with van der Waals surface area (Å²) in [4.78, 5) is 23.4. The summed E-state index contributed by atoms with van der Waals surface area (Å²) in [7, 11) is 1.09. The molecule has 0 saturated heterocycles. The fraction of sp³-hybridized carbons (Fsp3) is 0.357. The third-order valence-electron chi connectivity index (χ3n) is 2.81. The molecule has 0 aliphatic carbocycles. The third-order valence-corrected chi connectivity index (χ3v) is 2.81. The van der Waals surface area contributed by atoms with E-state index in [1.807, 2.05) is 6.07 Å². The maximum absolute atomic E-state index is 13.5. The van der Waals surface area contributed by atoms with E-state index >= 15 is 0 Å². The van der Waals surface area contributed by atoms with Crippen LogP contribution in [0.1, 0.15) is 29.6 Å². The largest absolute Gasteiger partial charge is 0.467 e. The summed E-state index contributed by atoms with van der Waals surface area (Å²) >= 11 is 0. The Balaban J connectivity index is 2.91. The van der Waals surface area contributed by atoms with Crippen LogP contribution in [-0.2, 0) is 9.53 Å². The molecule has 1 aromatic rings. The van der Waals surface area contributed by atoms with Crippen molar-refractivity contribution in [1.82, 2.24) is 5.32 Å². The molecule has 0 bridgehead atoms. The number of esters is 1. The molecule has 5 nitrogen and oxygen atoms in total. The molecule has 22 heavy (non-hydrogen) atoms. The molecule has 1 atom stereocenters. The minimum absolute atomic E-state index is 0.0659. The van der Waals surface area contributed by atoms with Crippen LogP contribution < -0.4 is 5.32 Å². The molecule has 0 unspecified atom stereocenters. The third kappa shape index (κ3) is 4.48.